The molecule has 6 aromatic rings. The number of benzene rings is 4. The molecule has 2 aromatic heterocycles. The number of halogens is 2. The number of hydrogen-bond donors (Lipinski definition) is 1. The zero-order valence-corrected chi connectivity index (χ0v) is 25.0. The summed E-state index contributed by atoms with van der Waals surface area (Å²) >= 11 is 6.64. The molecule has 1 aliphatic rings. The van der Waals surface area contributed by atoms with Crippen molar-refractivity contribution in [3.8, 4) is 33.6 Å². The van der Waals surface area contributed by atoms with E-state index in [1.54, 1.807) is 36.3 Å². The fourth-order valence-corrected chi connectivity index (χ4v) is 5.90. The molecule has 0 spiro atoms. The van der Waals surface area contributed by atoms with Crippen LogP contribution in [-0.4, -0.2) is 29.9 Å². The predicted molar refractivity (Wildman–Crippen MR) is 175 cm³/mol. The lowest BCUT2D eigenvalue weighted by Gasteiger charge is -2.23. The lowest BCUT2D eigenvalue weighted by Crippen LogP contribution is -2.34. The van der Waals surface area contributed by atoms with Gasteiger partial charge in [-0.05, 0) is 90.2 Å². The van der Waals surface area contributed by atoms with Gasteiger partial charge in [-0.25, -0.2) is 9.37 Å². The number of carbonyl (C=O) groups is 2. The van der Waals surface area contributed by atoms with Gasteiger partial charge < -0.3 is 9.73 Å². The van der Waals surface area contributed by atoms with Crippen LogP contribution < -0.4 is 10.2 Å². The standard InChI is InChI=1S/C37H27ClFN3O3/c1-40-36(43)34-30-21-24(12-18-32(30)45-35(34)22-9-13-25(39)14-10-22)23-11-17-27(28-6-2-3-7-31(28)38)29(20-23)37(44)42(26-15-16-26)33-8-4-5-19-41-33/h2-14,17-21,26H,15-16H2,1H3,(H,40,43). The molecular weight excluding hydrogens is 589 g/mol. The van der Waals surface area contributed by atoms with Crippen LogP contribution in [0, 0.1) is 5.82 Å². The van der Waals surface area contributed by atoms with Gasteiger partial charge in [-0.2, -0.15) is 0 Å². The Morgan fingerprint density at radius 1 is 0.867 bits per heavy atom. The number of pyridine rings is 1. The maximum absolute atomic E-state index is 14.4. The van der Waals surface area contributed by atoms with Crippen molar-refractivity contribution in [1.82, 2.24) is 10.3 Å². The fourth-order valence-electron chi connectivity index (χ4n) is 5.66. The number of amides is 2. The molecule has 45 heavy (non-hydrogen) atoms. The molecule has 0 saturated heterocycles. The third-order valence-electron chi connectivity index (χ3n) is 8.02. The Morgan fingerprint density at radius 3 is 2.29 bits per heavy atom. The van der Waals surface area contributed by atoms with E-state index in [0.717, 1.165) is 29.5 Å². The van der Waals surface area contributed by atoms with Crippen molar-refractivity contribution in [3.63, 3.8) is 0 Å². The predicted octanol–water partition coefficient (Wildman–Crippen LogP) is 8.79. The Balaban J connectivity index is 1.39. The molecule has 0 aliphatic heterocycles. The number of rotatable bonds is 7. The molecule has 7 rings (SSSR count). The quantitative estimate of drug-likeness (QED) is 0.195. The van der Waals surface area contributed by atoms with Crippen LogP contribution in [0.4, 0.5) is 10.2 Å². The van der Waals surface area contributed by atoms with Gasteiger partial charge in [0.2, 0.25) is 0 Å². The third kappa shape index (κ3) is 5.36. The molecule has 0 unspecified atom stereocenters. The van der Waals surface area contributed by atoms with Crippen molar-refractivity contribution >= 4 is 40.2 Å². The van der Waals surface area contributed by atoms with Crippen LogP contribution in [0.5, 0.6) is 0 Å². The Kier molecular flexibility index (Phi) is 7.39. The second-order valence-corrected chi connectivity index (χ2v) is 11.3. The largest absolute Gasteiger partial charge is 0.455 e. The molecule has 8 heteroatoms. The summed E-state index contributed by atoms with van der Waals surface area (Å²) in [7, 11) is 1.55. The van der Waals surface area contributed by atoms with E-state index in [-0.39, 0.29) is 23.7 Å². The molecule has 6 nitrogen and oxygen atoms in total. The van der Waals surface area contributed by atoms with E-state index in [1.165, 1.54) is 12.1 Å². The van der Waals surface area contributed by atoms with Crippen LogP contribution in [0.3, 0.4) is 0 Å². The summed E-state index contributed by atoms with van der Waals surface area (Å²) in [5, 5.41) is 3.84. The van der Waals surface area contributed by atoms with Gasteiger partial charge in [-0.3, -0.25) is 14.5 Å². The summed E-state index contributed by atoms with van der Waals surface area (Å²) in [4.78, 5) is 33.9. The average molecular weight is 616 g/mol. The number of fused-ring (bicyclic) bond motifs is 1. The molecule has 1 saturated carbocycles. The van der Waals surface area contributed by atoms with E-state index in [2.05, 4.69) is 10.3 Å². The second-order valence-electron chi connectivity index (χ2n) is 10.9. The van der Waals surface area contributed by atoms with Gasteiger partial charge in [0.05, 0.1) is 5.56 Å². The van der Waals surface area contributed by atoms with E-state index in [0.29, 0.717) is 49.8 Å². The molecule has 0 bridgehead atoms. The molecule has 0 radical (unpaired) electrons. The number of nitrogens with one attached hydrogen (secondary N) is 1. The van der Waals surface area contributed by atoms with Crippen molar-refractivity contribution in [2.24, 2.45) is 0 Å². The highest BCUT2D eigenvalue weighted by molar-refractivity contribution is 6.33. The van der Waals surface area contributed by atoms with Crippen LogP contribution in [-0.2, 0) is 0 Å². The van der Waals surface area contributed by atoms with Gasteiger partial charge in [-0.15, -0.1) is 0 Å². The minimum Gasteiger partial charge on any atom is -0.455 e. The molecule has 1 N–H and O–H groups in total. The van der Waals surface area contributed by atoms with Gasteiger partial charge in [0.1, 0.15) is 23.0 Å². The van der Waals surface area contributed by atoms with E-state index < -0.39 is 0 Å². The summed E-state index contributed by atoms with van der Waals surface area (Å²) in [5.41, 5.74) is 4.96. The second kappa shape index (κ2) is 11.7. The van der Waals surface area contributed by atoms with Crippen LogP contribution in [0.15, 0.2) is 114 Å². The Labute approximate surface area is 264 Å². The minimum atomic E-state index is -0.382. The number of anilines is 1. The maximum atomic E-state index is 14.4. The molecule has 2 heterocycles. The van der Waals surface area contributed by atoms with Gasteiger partial charge >= 0.3 is 0 Å². The molecule has 2 amide bonds. The van der Waals surface area contributed by atoms with Gasteiger partial charge in [0.25, 0.3) is 11.8 Å². The third-order valence-corrected chi connectivity index (χ3v) is 8.35. The first-order valence-corrected chi connectivity index (χ1v) is 15.0. The number of nitrogens with zero attached hydrogens (tertiary/aromatic N) is 2. The summed E-state index contributed by atoms with van der Waals surface area (Å²) in [6.07, 6.45) is 3.49. The van der Waals surface area contributed by atoms with Crippen molar-refractivity contribution in [2.45, 2.75) is 18.9 Å². The molecule has 1 aliphatic carbocycles. The van der Waals surface area contributed by atoms with Crippen molar-refractivity contribution in [2.75, 3.05) is 11.9 Å². The first-order chi connectivity index (χ1) is 21.9. The Morgan fingerprint density at radius 2 is 1.58 bits per heavy atom. The molecule has 1 fully saturated rings. The summed E-state index contributed by atoms with van der Waals surface area (Å²) in [6.45, 7) is 0. The average Bonchev–Trinajstić information content (AvgIpc) is 3.83. The highest BCUT2D eigenvalue weighted by Crippen LogP contribution is 2.40. The normalized spacial score (nSPS) is 12.7. The van der Waals surface area contributed by atoms with E-state index in [9.17, 15) is 14.0 Å². The minimum absolute atomic E-state index is 0.0671. The number of hydrogen-bond acceptors (Lipinski definition) is 4. The molecule has 4 aromatic carbocycles. The molecular formula is C37H27ClFN3O3. The van der Waals surface area contributed by atoms with Crippen LogP contribution in [0.1, 0.15) is 33.6 Å². The van der Waals surface area contributed by atoms with Crippen molar-refractivity contribution in [3.05, 3.63) is 131 Å². The van der Waals surface area contributed by atoms with E-state index in [1.807, 2.05) is 72.8 Å². The highest BCUT2D eigenvalue weighted by Gasteiger charge is 2.36. The fraction of sp³-hybridized carbons (Fsp3) is 0.108. The van der Waals surface area contributed by atoms with Crippen molar-refractivity contribution in [1.29, 1.82) is 0 Å². The van der Waals surface area contributed by atoms with Crippen LogP contribution in [0.2, 0.25) is 5.02 Å². The Hall–Kier alpha value is -5.27. The van der Waals surface area contributed by atoms with Gasteiger partial charge in [-0.1, -0.05) is 54.1 Å². The SMILES string of the molecule is CNC(=O)c1c(-c2ccc(F)cc2)oc2ccc(-c3ccc(-c4ccccc4Cl)c(C(=O)N(c4ccccn4)C4CC4)c3)cc12. The first kappa shape index (κ1) is 28.5. The zero-order chi connectivity index (χ0) is 31.1. The van der Waals surface area contributed by atoms with Crippen LogP contribution in [0.25, 0.3) is 44.5 Å². The molecule has 222 valence electrons. The van der Waals surface area contributed by atoms with E-state index in [4.69, 9.17) is 16.0 Å². The number of aromatic nitrogens is 1. The first-order valence-electron chi connectivity index (χ1n) is 14.6. The van der Waals surface area contributed by atoms with E-state index >= 15 is 0 Å². The van der Waals surface area contributed by atoms with Crippen molar-refractivity contribution < 1.29 is 18.4 Å². The summed E-state index contributed by atoms with van der Waals surface area (Å²) in [5.74, 6) is 0.0749. The monoisotopic (exact) mass is 615 g/mol. The maximum Gasteiger partial charge on any atom is 0.260 e. The Bertz CT molecular complexity index is 2070. The topological polar surface area (TPSA) is 75.4 Å². The molecule has 0 atom stereocenters. The summed E-state index contributed by atoms with van der Waals surface area (Å²) < 4.78 is 19.8. The highest BCUT2D eigenvalue weighted by atomic mass is 35.5. The lowest BCUT2D eigenvalue weighted by atomic mass is 9.93. The zero-order valence-electron chi connectivity index (χ0n) is 24.3. The van der Waals surface area contributed by atoms with Gasteiger partial charge in [0.15, 0.2) is 0 Å². The lowest BCUT2D eigenvalue weighted by molar-refractivity contribution is 0.0962. The summed E-state index contributed by atoms with van der Waals surface area (Å²) in [6, 6.07) is 30.2. The van der Waals surface area contributed by atoms with Gasteiger partial charge in [0, 0.05) is 46.4 Å². The van der Waals surface area contributed by atoms with Crippen LogP contribution >= 0.6 is 11.6 Å². The number of carbonyl (C=O) groups excluding carboxylic acids is 2. The smallest absolute Gasteiger partial charge is 0.260 e. The number of furan rings is 1.